The zero-order valence-electron chi connectivity index (χ0n) is 11.8. The second-order valence-electron chi connectivity index (χ2n) is 5.84. The van der Waals surface area contributed by atoms with Gasteiger partial charge in [0.25, 0.3) is 5.91 Å². The van der Waals surface area contributed by atoms with Gasteiger partial charge in [-0.15, -0.1) is 12.6 Å². The Bertz CT molecular complexity index is 468. The zero-order chi connectivity index (χ0) is 13.9. The topological polar surface area (TPSA) is 23.6 Å². The Labute approximate surface area is 126 Å². The van der Waals surface area contributed by atoms with E-state index >= 15 is 0 Å². The van der Waals surface area contributed by atoms with Crippen LogP contribution in [-0.4, -0.2) is 47.9 Å². The maximum Gasteiger partial charge on any atom is 0.253 e. The highest BCUT2D eigenvalue weighted by Gasteiger charge is 2.31. The molecule has 1 aromatic carbocycles. The minimum atomic E-state index is 0.165. The van der Waals surface area contributed by atoms with Crippen molar-refractivity contribution in [2.24, 2.45) is 0 Å². The molecule has 1 atom stereocenters. The molecular weight excluding hydrogens is 268 g/mol. The van der Waals surface area contributed by atoms with E-state index in [9.17, 15) is 4.79 Å². The van der Waals surface area contributed by atoms with Crippen LogP contribution < -0.4 is 0 Å². The number of nitrogens with zero attached hydrogens (tertiary/aromatic N) is 2. The van der Waals surface area contributed by atoms with Crippen LogP contribution >= 0.6 is 12.6 Å². The molecule has 0 bridgehead atoms. The number of benzene rings is 1. The van der Waals surface area contributed by atoms with Crippen LogP contribution in [0.4, 0.5) is 0 Å². The van der Waals surface area contributed by atoms with E-state index < -0.39 is 0 Å². The lowest BCUT2D eigenvalue weighted by atomic mass is 10.1. The van der Waals surface area contributed by atoms with Crippen LogP contribution in [0.3, 0.4) is 0 Å². The molecule has 108 valence electrons. The molecule has 2 aliphatic rings. The number of amides is 1. The third-order valence-electron chi connectivity index (χ3n) is 4.47. The lowest BCUT2D eigenvalue weighted by Gasteiger charge is -2.32. The fourth-order valence-electron chi connectivity index (χ4n) is 3.29. The molecule has 2 aliphatic heterocycles. The van der Waals surface area contributed by atoms with Crippen LogP contribution in [0, 0.1) is 0 Å². The Kier molecular flexibility index (Phi) is 4.32. The Morgan fingerprint density at radius 3 is 2.45 bits per heavy atom. The van der Waals surface area contributed by atoms with E-state index in [1.165, 1.54) is 32.4 Å². The lowest BCUT2D eigenvalue weighted by molar-refractivity contribution is 0.0771. The summed E-state index contributed by atoms with van der Waals surface area (Å²) in [6.45, 7) is 4.20. The molecule has 0 aliphatic carbocycles. The van der Waals surface area contributed by atoms with Crippen molar-refractivity contribution in [1.29, 1.82) is 0 Å². The Hall–Kier alpha value is -1.00. The highest BCUT2D eigenvalue weighted by Crippen LogP contribution is 2.22. The van der Waals surface area contributed by atoms with Crippen molar-refractivity contribution in [3.05, 3.63) is 29.8 Å². The molecule has 2 fully saturated rings. The molecule has 1 aromatic rings. The fourth-order valence-corrected chi connectivity index (χ4v) is 3.44. The van der Waals surface area contributed by atoms with E-state index in [4.69, 9.17) is 0 Å². The average molecular weight is 290 g/mol. The molecule has 3 nitrogen and oxygen atoms in total. The molecular formula is C16H22N2OS. The molecule has 2 heterocycles. The van der Waals surface area contributed by atoms with E-state index in [0.29, 0.717) is 6.04 Å². The predicted molar refractivity (Wildman–Crippen MR) is 83.4 cm³/mol. The molecule has 3 rings (SSSR count). The molecule has 1 unspecified atom stereocenters. The first-order chi connectivity index (χ1) is 9.74. The van der Waals surface area contributed by atoms with Gasteiger partial charge in [-0.05, 0) is 56.6 Å². The number of likely N-dealkylation sites (tertiary alicyclic amines) is 2. The molecule has 0 N–H and O–H groups in total. The van der Waals surface area contributed by atoms with Gasteiger partial charge < -0.3 is 4.90 Å². The Balaban J connectivity index is 1.61. The van der Waals surface area contributed by atoms with Gasteiger partial charge >= 0.3 is 0 Å². The number of hydrogen-bond donors (Lipinski definition) is 1. The summed E-state index contributed by atoms with van der Waals surface area (Å²) in [5, 5.41) is 0. The maximum atomic E-state index is 12.5. The number of thiol groups is 1. The zero-order valence-corrected chi connectivity index (χ0v) is 12.7. The van der Waals surface area contributed by atoms with Crippen LogP contribution in [0.5, 0.6) is 0 Å². The molecule has 0 saturated carbocycles. The normalized spacial score (nSPS) is 24.1. The van der Waals surface area contributed by atoms with Gasteiger partial charge in [-0.3, -0.25) is 9.69 Å². The second-order valence-corrected chi connectivity index (χ2v) is 6.35. The van der Waals surface area contributed by atoms with Crippen molar-refractivity contribution in [3.8, 4) is 0 Å². The van der Waals surface area contributed by atoms with E-state index in [2.05, 4.69) is 17.5 Å². The number of hydrogen-bond acceptors (Lipinski definition) is 3. The Morgan fingerprint density at radius 2 is 1.75 bits per heavy atom. The van der Waals surface area contributed by atoms with Crippen LogP contribution in [-0.2, 0) is 0 Å². The van der Waals surface area contributed by atoms with Gasteiger partial charge in [0.2, 0.25) is 0 Å². The largest absolute Gasteiger partial charge is 0.337 e. The number of carbonyl (C=O) groups excluding carboxylic acids is 1. The number of piperidine rings is 1. The van der Waals surface area contributed by atoms with Crippen molar-refractivity contribution < 1.29 is 4.79 Å². The van der Waals surface area contributed by atoms with E-state index in [-0.39, 0.29) is 5.91 Å². The average Bonchev–Trinajstić information content (AvgIpc) is 2.98. The first kappa shape index (κ1) is 14.0. The van der Waals surface area contributed by atoms with Crippen LogP contribution in [0.15, 0.2) is 29.2 Å². The summed E-state index contributed by atoms with van der Waals surface area (Å²) >= 11 is 4.26. The minimum absolute atomic E-state index is 0.165. The highest BCUT2D eigenvalue weighted by molar-refractivity contribution is 7.80. The van der Waals surface area contributed by atoms with Gasteiger partial charge in [0.15, 0.2) is 0 Å². The number of carbonyl (C=O) groups is 1. The third-order valence-corrected chi connectivity index (χ3v) is 4.77. The Morgan fingerprint density at radius 1 is 1.05 bits per heavy atom. The van der Waals surface area contributed by atoms with Gasteiger partial charge in [-0.25, -0.2) is 0 Å². The van der Waals surface area contributed by atoms with Crippen LogP contribution in [0.2, 0.25) is 0 Å². The van der Waals surface area contributed by atoms with Crippen LogP contribution in [0.1, 0.15) is 36.0 Å². The third kappa shape index (κ3) is 3.01. The molecule has 20 heavy (non-hydrogen) atoms. The maximum absolute atomic E-state index is 12.5. The van der Waals surface area contributed by atoms with Crippen molar-refractivity contribution in [3.63, 3.8) is 0 Å². The van der Waals surface area contributed by atoms with Gasteiger partial charge in [-0.1, -0.05) is 6.42 Å². The van der Waals surface area contributed by atoms with Crippen molar-refractivity contribution in [2.45, 2.75) is 36.6 Å². The van der Waals surface area contributed by atoms with Crippen molar-refractivity contribution in [2.75, 3.05) is 26.2 Å². The molecule has 0 radical (unpaired) electrons. The van der Waals surface area contributed by atoms with Gasteiger partial charge in [-0.2, -0.15) is 0 Å². The van der Waals surface area contributed by atoms with E-state index in [1.54, 1.807) is 0 Å². The monoisotopic (exact) mass is 290 g/mol. The van der Waals surface area contributed by atoms with E-state index in [0.717, 1.165) is 30.0 Å². The van der Waals surface area contributed by atoms with Crippen molar-refractivity contribution >= 4 is 18.5 Å². The molecule has 4 heteroatoms. The SMILES string of the molecule is O=C(c1ccc(S)cc1)N1CCC(N2CCCCC2)C1. The van der Waals surface area contributed by atoms with Crippen LogP contribution in [0.25, 0.3) is 0 Å². The predicted octanol–water partition coefficient (Wildman–Crippen LogP) is 2.68. The number of rotatable bonds is 2. The summed E-state index contributed by atoms with van der Waals surface area (Å²) in [7, 11) is 0. The van der Waals surface area contributed by atoms with Gasteiger partial charge in [0.05, 0.1) is 0 Å². The summed E-state index contributed by atoms with van der Waals surface area (Å²) in [6.07, 6.45) is 5.11. The first-order valence-electron chi connectivity index (χ1n) is 7.56. The minimum Gasteiger partial charge on any atom is -0.337 e. The summed E-state index contributed by atoms with van der Waals surface area (Å²) in [6, 6.07) is 8.09. The van der Waals surface area contributed by atoms with Gasteiger partial charge in [0, 0.05) is 29.6 Å². The lowest BCUT2D eigenvalue weighted by Crippen LogP contribution is -2.41. The van der Waals surface area contributed by atoms with E-state index in [1.807, 2.05) is 29.2 Å². The molecule has 0 spiro atoms. The standard InChI is InChI=1S/C16H22N2OS/c19-16(13-4-6-15(20)7-5-13)18-11-8-14(12-18)17-9-2-1-3-10-17/h4-7,14,20H,1-3,8-12H2. The summed E-state index contributed by atoms with van der Waals surface area (Å²) in [5.41, 5.74) is 0.780. The summed E-state index contributed by atoms with van der Waals surface area (Å²) in [4.78, 5) is 18.0. The second kappa shape index (κ2) is 6.19. The quantitative estimate of drug-likeness (QED) is 0.847. The first-order valence-corrected chi connectivity index (χ1v) is 8.01. The molecule has 1 amide bonds. The van der Waals surface area contributed by atoms with Crippen molar-refractivity contribution in [1.82, 2.24) is 9.80 Å². The smallest absolute Gasteiger partial charge is 0.253 e. The summed E-state index contributed by atoms with van der Waals surface area (Å²) in [5.74, 6) is 0.165. The molecule has 0 aromatic heterocycles. The summed E-state index contributed by atoms with van der Waals surface area (Å²) < 4.78 is 0. The molecule has 2 saturated heterocycles. The van der Waals surface area contributed by atoms with Gasteiger partial charge in [0.1, 0.15) is 0 Å². The highest BCUT2D eigenvalue weighted by atomic mass is 32.1. The fraction of sp³-hybridized carbons (Fsp3) is 0.562.